The lowest BCUT2D eigenvalue weighted by atomic mass is 10.2. The van der Waals surface area contributed by atoms with E-state index in [-0.39, 0.29) is 12.5 Å². The zero-order chi connectivity index (χ0) is 15.7. The number of nitrogens with zero attached hydrogens (tertiary/aromatic N) is 4. The molecule has 0 aliphatic carbocycles. The van der Waals surface area contributed by atoms with Crippen LogP contribution in [0.2, 0.25) is 0 Å². The highest BCUT2D eigenvalue weighted by Gasteiger charge is 2.23. The van der Waals surface area contributed by atoms with Crippen LogP contribution < -0.4 is 4.90 Å². The van der Waals surface area contributed by atoms with Crippen LogP contribution in [0.5, 0.6) is 0 Å². The molecule has 0 saturated carbocycles. The molecule has 3 rings (SSSR count). The van der Waals surface area contributed by atoms with Crippen molar-refractivity contribution in [3.05, 3.63) is 48.3 Å². The largest absolute Gasteiger partial charge is 0.457 e. The van der Waals surface area contributed by atoms with Gasteiger partial charge in [0.05, 0.1) is 18.1 Å². The molecule has 2 aromatic rings. The molecule has 2 aromatic heterocycles. The molecule has 0 N–H and O–H groups in total. The SMILES string of the molecule is CN(C(=O)c1cnc(C2=CC(=O)OC2)n1C)c1cccnc1. The van der Waals surface area contributed by atoms with Gasteiger partial charge in [0.25, 0.3) is 5.91 Å². The number of rotatable bonds is 3. The van der Waals surface area contributed by atoms with Crippen LogP contribution >= 0.6 is 0 Å². The first-order valence-electron chi connectivity index (χ1n) is 6.65. The molecule has 0 spiro atoms. The van der Waals surface area contributed by atoms with Crippen LogP contribution in [-0.2, 0) is 16.6 Å². The van der Waals surface area contributed by atoms with Crippen molar-refractivity contribution >= 4 is 23.1 Å². The molecule has 22 heavy (non-hydrogen) atoms. The standard InChI is InChI=1S/C15H14N4O3/c1-18(11-4-3-5-16-7-11)15(21)12-8-17-14(19(12)2)10-6-13(20)22-9-10/h3-8H,9H2,1-2H3. The zero-order valence-electron chi connectivity index (χ0n) is 12.2. The molecular weight excluding hydrogens is 284 g/mol. The number of hydrogen-bond donors (Lipinski definition) is 0. The number of hydrogen-bond acceptors (Lipinski definition) is 5. The van der Waals surface area contributed by atoms with Crippen molar-refractivity contribution in [2.75, 3.05) is 18.6 Å². The van der Waals surface area contributed by atoms with Crippen LogP contribution in [0.3, 0.4) is 0 Å². The molecule has 7 nitrogen and oxygen atoms in total. The zero-order valence-corrected chi connectivity index (χ0v) is 12.2. The van der Waals surface area contributed by atoms with Crippen molar-refractivity contribution in [3.8, 4) is 0 Å². The minimum Gasteiger partial charge on any atom is -0.457 e. The highest BCUT2D eigenvalue weighted by molar-refractivity contribution is 6.05. The monoisotopic (exact) mass is 298 g/mol. The van der Waals surface area contributed by atoms with Crippen molar-refractivity contribution in [3.63, 3.8) is 0 Å². The molecular formula is C15H14N4O3. The summed E-state index contributed by atoms with van der Waals surface area (Å²) in [6.07, 6.45) is 6.14. The fourth-order valence-electron chi connectivity index (χ4n) is 2.25. The fraction of sp³-hybridized carbons (Fsp3) is 0.200. The van der Waals surface area contributed by atoms with E-state index in [9.17, 15) is 9.59 Å². The average molecular weight is 298 g/mol. The quantitative estimate of drug-likeness (QED) is 0.791. The van der Waals surface area contributed by atoms with E-state index in [1.807, 2.05) is 0 Å². The number of carbonyl (C=O) groups excluding carboxylic acids is 2. The second-order valence-electron chi connectivity index (χ2n) is 4.88. The van der Waals surface area contributed by atoms with Gasteiger partial charge in [-0.3, -0.25) is 9.78 Å². The Morgan fingerprint density at radius 2 is 2.23 bits per heavy atom. The first-order valence-corrected chi connectivity index (χ1v) is 6.65. The lowest BCUT2D eigenvalue weighted by Gasteiger charge is -2.17. The molecule has 0 atom stereocenters. The molecule has 7 heteroatoms. The summed E-state index contributed by atoms with van der Waals surface area (Å²) in [5, 5.41) is 0. The number of cyclic esters (lactones) is 1. The summed E-state index contributed by atoms with van der Waals surface area (Å²) in [6, 6.07) is 3.56. The van der Waals surface area contributed by atoms with Gasteiger partial charge in [0.1, 0.15) is 18.1 Å². The van der Waals surface area contributed by atoms with E-state index in [1.54, 1.807) is 43.2 Å². The van der Waals surface area contributed by atoms with Gasteiger partial charge in [-0.15, -0.1) is 0 Å². The maximum Gasteiger partial charge on any atom is 0.331 e. The van der Waals surface area contributed by atoms with Gasteiger partial charge in [-0.25, -0.2) is 9.78 Å². The molecule has 0 radical (unpaired) electrons. The van der Waals surface area contributed by atoms with Gasteiger partial charge in [0.15, 0.2) is 0 Å². The summed E-state index contributed by atoms with van der Waals surface area (Å²) in [5.41, 5.74) is 1.77. The second kappa shape index (κ2) is 5.44. The summed E-state index contributed by atoms with van der Waals surface area (Å²) in [5.74, 6) is -0.0489. The van der Waals surface area contributed by atoms with Crippen molar-refractivity contribution in [2.24, 2.45) is 7.05 Å². The van der Waals surface area contributed by atoms with Gasteiger partial charge in [-0.05, 0) is 12.1 Å². The fourth-order valence-corrected chi connectivity index (χ4v) is 2.25. The molecule has 0 saturated heterocycles. The first-order chi connectivity index (χ1) is 10.6. The molecule has 0 unspecified atom stereocenters. The summed E-state index contributed by atoms with van der Waals surface area (Å²) in [6.45, 7) is 0.176. The lowest BCUT2D eigenvalue weighted by Crippen LogP contribution is -2.28. The van der Waals surface area contributed by atoms with Crippen molar-refractivity contribution in [1.29, 1.82) is 0 Å². The Kier molecular flexibility index (Phi) is 3.46. The van der Waals surface area contributed by atoms with Crippen LogP contribution in [-0.4, -0.2) is 40.1 Å². The first kappa shape index (κ1) is 14.0. The van der Waals surface area contributed by atoms with Crippen molar-refractivity contribution < 1.29 is 14.3 Å². The molecule has 1 aliphatic heterocycles. The number of esters is 1. The molecule has 1 amide bonds. The van der Waals surface area contributed by atoms with Gasteiger partial charge in [-0.1, -0.05) is 0 Å². The highest BCUT2D eigenvalue weighted by atomic mass is 16.5. The van der Waals surface area contributed by atoms with E-state index in [1.165, 1.54) is 17.2 Å². The number of aromatic nitrogens is 3. The molecule has 112 valence electrons. The molecule has 1 aliphatic rings. The summed E-state index contributed by atoms with van der Waals surface area (Å²) < 4.78 is 6.53. The Bertz CT molecular complexity index is 764. The van der Waals surface area contributed by atoms with Crippen LogP contribution in [0.25, 0.3) is 5.57 Å². The van der Waals surface area contributed by atoms with Gasteiger partial charge < -0.3 is 14.2 Å². The van der Waals surface area contributed by atoms with E-state index in [4.69, 9.17) is 4.74 Å². The molecule has 0 aromatic carbocycles. The van der Waals surface area contributed by atoms with Gasteiger partial charge >= 0.3 is 5.97 Å². The number of ether oxygens (including phenoxy) is 1. The molecule has 3 heterocycles. The van der Waals surface area contributed by atoms with Gasteiger partial charge in [0.2, 0.25) is 0 Å². The van der Waals surface area contributed by atoms with E-state index in [0.29, 0.717) is 22.8 Å². The van der Waals surface area contributed by atoms with Crippen molar-refractivity contribution in [2.45, 2.75) is 0 Å². The van der Waals surface area contributed by atoms with E-state index >= 15 is 0 Å². The van der Waals surface area contributed by atoms with Gasteiger partial charge in [-0.2, -0.15) is 0 Å². The second-order valence-corrected chi connectivity index (χ2v) is 4.88. The van der Waals surface area contributed by atoms with Crippen LogP contribution in [0.15, 0.2) is 36.8 Å². The predicted octanol–water partition coefficient (Wildman–Crippen LogP) is 1.03. The lowest BCUT2D eigenvalue weighted by molar-refractivity contribution is -0.134. The number of carbonyl (C=O) groups is 2. The van der Waals surface area contributed by atoms with Crippen LogP contribution in [0.1, 0.15) is 16.3 Å². The van der Waals surface area contributed by atoms with Crippen LogP contribution in [0.4, 0.5) is 5.69 Å². The number of imidazole rings is 1. The van der Waals surface area contributed by atoms with Crippen molar-refractivity contribution in [1.82, 2.24) is 14.5 Å². The maximum absolute atomic E-state index is 12.6. The maximum atomic E-state index is 12.6. The number of anilines is 1. The normalized spacial score (nSPS) is 13.7. The van der Waals surface area contributed by atoms with E-state index in [0.717, 1.165) is 0 Å². The van der Waals surface area contributed by atoms with E-state index < -0.39 is 5.97 Å². The smallest absolute Gasteiger partial charge is 0.331 e. The van der Waals surface area contributed by atoms with Gasteiger partial charge in [0, 0.05) is 31.9 Å². The molecule has 0 bridgehead atoms. The minimum atomic E-state index is -0.390. The Balaban J connectivity index is 1.90. The predicted molar refractivity (Wildman–Crippen MR) is 79.1 cm³/mol. The third kappa shape index (κ3) is 2.37. The van der Waals surface area contributed by atoms with Crippen LogP contribution in [0, 0.1) is 0 Å². The highest BCUT2D eigenvalue weighted by Crippen LogP contribution is 2.20. The Labute approximate surface area is 126 Å². The summed E-state index contributed by atoms with van der Waals surface area (Å²) in [4.78, 5) is 33.5. The topological polar surface area (TPSA) is 77.3 Å². The average Bonchev–Trinajstić information content (AvgIpc) is 3.12. The third-order valence-corrected chi connectivity index (χ3v) is 3.49. The Morgan fingerprint density at radius 1 is 1.41 bits per heavy atom. The number of amides is 1. The summed E-state index contributed by atoms with van der Waals surface area (Å²) in [7, 11) is 3.41. The summed E-state index contributed by atoms with van der Waals surface area (Å²) >= 11 is 0. The Morgan fingerprint density at radius 3 is 2.86 bits per heavy atom. The Hall–Kier alpha value is -2.96. The third-order valence-electron chi connectivity index (χ3n) is 3.49. The minimum absolute atomic E-state index is 0.176. The van der Waals surface area contributed by atoms with E-state index in [2.05, 4.69) is 9.97 Å². The number of pyridine rings is 1. The molecule has 0 fully saturated rings.